The smallest absolute Gasteiger partial charge is 0.264 e. The van der Waals surface area contributed by atoms with Crippen LogP contribution in [0.25, 0.3) is 0 Å². The van der Waals surface area contributed by atoms with Crippen LogP contribution >= 0.6 is 27.5 Å². The Bertz CT molecular complexity index is 803. The van der Waals surface area contributed by atoms with Crippen LogP contribution in [0.4, 0.5) is 5.69 Å². The first-order valence-corrected chi connectivity index (χ1v) is 7.92. The molecule has 0 saturated carbocycles. The Kier molecular flexibility index (Phi) is 4.28. The molecular weight excluding hydrogens is 366 g/mol. The molecular formula is C12H7BrClN3O2S. The lowest BCUT2D eigenvalue weighted by atomic mass is 10.3. The van der Waals surface area contributed by atoms with E-state index in [1.165, 1.54) is 24.4 Å². The van der Waals surface area contributed by atoms with Gasteiger partial charge < -0.3 is 0 Å². The molecule has 0 amide bonds. The number of sulfonamides is 1. The summed E-state index contributed by atoms with van der Waals surface area (Å²) >= 11 is 9.12. The SMILES string of the molecule is N#Cc1ncccc1S(=O)(=O)Nc1ccc(Br)c(Cl)c1. The molecule has 0 aliphatic carbocycles. The molecule has 1 N–H and O–H groups in total. The Morgan fingerprint density at radius 1 is 1.35 bits per heavy atom. The van der Waals surface area contributed by atoms with E-state index in [2.05, 4.69) is 25.6 Å². The van der Waals surface area contributed by atoms with Crippen LogP contribution in [0.2, 0.25) is 5.02 Å². The van der Waals surface area contributed by atoms with Crippen LogP contribution in [0.15, 0.2) is 45.9 Å². The van der Waals surface area contributed by atoms with Crippen LogP contribution in [0.5, 0.6) is 0 Å². The fourth-order valence-corrected chi connectivity index (χ4v) is 3.05. The van der Waals surface area contributed by atoms with Crippen molar-refractivity contribution in [1.29, 1.82) is 5.26 Å². The third-order valence-electron chi connectivity index (χ3n) is 2.34. The summed E-state index contributed by atoms with van der Waals surface area (Å²) in [5.41, 5.74) is 0.133. The number of anilines is 1. The van der Waals surface area contributed by atoms with Crippen molar-refractivity contribution in [2.24, 2.45) is 0 Å². The second kappa shape index (κ2) is 5.79. The number of hydrogen-bond donors (Lipinski definition) is 1. The van der Waals surface area contributed by atoms with Gasteiger partial charge in [0.15, 0.2) is 5.69 Å². The Morgan fingerprint density at radius 2 is 2.10 bits per heavy atom. The summed E-state index contributed by atoms with van der Waals surface area (Å²) < 4.78 is 27.4. The lowest BCUT2D eigenvalue weighted by molar-refractivity contribution is 0.600. The van der Waals surface area contributed by atoms with Crippen molar-refractivity contribution in [2.75, 3.05) is 4.72 Å². The maximum absolute atomic E-state index is 12.2. The molecule has 0 bridgehead atoms. The van der Waals surface area contributed by atoms with Gasteiger partial charge in [-0.3, -0.25) is 4.72 Å². The Morgan fingerprint density at radius 3 is 2.75 bits per heavy atom. The van der Waals surface area contributed by atoms with Crippen LogP contribution in [0, 0.1) is 11.3 Å². The first-order chi connectivity index (χ1) is 9.44. The van der Waals surface area contributed by atoms with Gasteiger partial charge in [-0.15, -0.1) is 0 Å². The minimum Gasteiger partial charge on any atom is -0.279 e. The van der Waals surface area contributed by atoms with Crippen molar-refractivity contribution < 1.29 is 8.42 Å². The molecule has 0 aliphatic heterocycles. The molecule has 0 atom stereocenters. The molecule has 2 rings (SSSR count). The molecule has 0 aliphatic rings. The van der Waals surface area contributed by atoms with Gasteiger partial charge in [0.1, 0.15) is 11.0 Å². The van der Waals surface area contributed by atoms with Crippen molar-refractivity contribution in [3.8, 4) is 6.07 Å². The van der Waals surface area contributed by atoms with Gasteiger partial charge in [0.25, 0.3) is 10.0 Å². The zero-order chi connectivity index (χ0) is 14.8. The number of nitrogens with one attached hydrogen (secondary N) is 1. The van der Waals surface area contributed by atoms with Crippen molar-refractivity contribution in [1.82, 2.24) is 4.98 Å². The molecule has 0 unspecified atom stereocenters. The maximum Gasteiger partial charge on any atom is 0.264 e. The summed E-state index contributed by atoms with van der Waals surface area (Å²) in [5, 5.41) is 9.27. The van der Waals surface area contributed by atoms with Crippen molar-refractivity contribution >= 4 is 43.2 Å². The maximum atomic E-state index is 12.2. The summed E-state index contributed by atoms with van der Waals surface area (Å²) in [6.45, 7) is 0. The average Bonchev–Trinajstić information content (AvgIpc) is 2.42. The highest BCUT2D eigenvalue weighted by atomic mass is 79.9. The van der Waals surface area contributed by atoms with Crippen LogP contribution < -0.4 is 4.72 Å². The molecule has 20 heavy (non-hydrogen) atoms. The van der Waals surface area contributed by atoms with Crippen molar-refractivity contribution in [3.63, 3.8) is 0 Å². The molecule has 2 aromatic rings. The minimum atomic E-state index is -3.89. The van der Waals surface area contributed by atoms with Crippen LogP contribution in [-0.2, 0) is 10.0 Å². The molecule has 0 fully saturated rings. The predicted octanol–water partition coefficient (Wildman–Crippen LogP) is 3.17. The topological polar surface area (TPSA) is 82.8 Å². The number of nitrogens with zero attached hydrogens (tertiary/aromatic N) is 2. The number of hydrogen-bond acceptors (Lipinski definition) is 4. The largest absolute Gasteiger partial charge is 0.279 e. The fraction of sp³-hybridized carbons (Fsp3) is 0. The van der Waals surface area contributed by atoms with E-state index in [0.29, 0.717) is 15.2 Å². The molecule has 0 radical (unpaired) electrons. The number of aromatic nitrogens is 1. The van der Waals surface area contributed by atoms with Gasteiger partial charge >= 0.3 is 0 Å². The molecule has 5 nitrogen and oxygen atoms in total. The average molecular weight is 373 g/mol. The standard InChI is InChI=1S/C12H7BrClN3O2S/c13-9-4-3-8(6-10(9)14)17-20(18,19)12-2-1-5-16-11(12)7-15/h1-6,17H. The minimum absolute atomic E-state index is 0.164. The van der Waals surface area contributed by atoms with Crippen LogP contribution in [0.1, 0.15) is 5.69 Å². The normalized spacial score (nSPS) is 10.8. The quantitative estimate of drug-likeness (QED) is 0.897. The molecule has 0 spiro atoms. The number of halogens is 2. The molecule has 102 valence electrons. The van der Waals surface area contributed by atoms with Crippen LogP contribution in [-0.4, -0.2) is 13.4 Å². The summed E-state index contributed by atoms with van der Waals surface area (Å²) in [6.07, 6.45) is 1.36. The number of nitriles is 1. The summed E-state index contributed by atoms with van der Waals surface area (Å²) in [7, 11) is -3.89. The van der Waals surface area contributed by atoms with Gasteiger partial charge in [-0.25, -0.2) is 13.4 Å². The van der Waals surface area contributed by atoms with E-state index in [4.69, 9.17) is 16.9 Å². The van der Waals surface area contributed by atoms with Crippen molar-refractivity contribution in [3.05, 3.63) is 51.7 Å². The lowest BCUT2D eigenvalue weighted by Crippen LogP contribution is -2.15. The van der Waals surface area contributed by atoms with E-state index < -0.39 is 10.0 Å². The first-order valence-electron chi connectivity index (χ1n) is 5.27. The van der Waals surface area contributed by atoms with Gasteiger partial charge in [-0.05, 0) is 46.3 Å². The molecule has 1 heterocycles. The van der Waals surface area contributed by atoms with Crippen molar-refractivity contribution in [2.45, 2.75) is 4.90 Å². The predicted molar refractivity (Wildman–Crippen MR) is 78.9 cm³/mol. The molecule has 8 heteroatoms. The van der Waals surface area contributed by atoms with E-state index in [1.807, 2.05) is 0 Å². The van der Waals surface area contributed by atoms with E-state index in [0.717, 1.165) is 0 Å². The van der Waals surface area contributed by atoms with Gasteiger partial charge in [0, 0.05) is 10.7 Å². The second-order valence-electron chi connectivity index (χ2n) is 3.70. The third kappa shape index (κ3) is 3.10. The molecule has 1 aromatic carbocycles. The first kappa shape index (κ1) is 14.8. The summed E-state index contributed by atoms with van der Waals surface area (Å²) in [6, 6.07) is 9.14. The zero-order valence-corrected chi connectivity index (χ0v) is 13.0. The fourth-order valence-electron chi connectivity index (χ4n) is 1.46. The second-order valence-corrected chi connectivity index (χ2v) is 6.61. The summed E-state index contributed by atoms with van der Waals surface area (Å²) in [5.74, 6) is 0. The van der Waals surface area contributed by atoms with E-state index in [9.17, 15) is 8.42 Å². The van der Waals surface area contributed by atoms with Gasteiger partial charge in [-0.2, -0.15) is 5.26 Å². The Hall–Kier alpha value is -1.62. The van der Waals surface area contributed by atoms with E-state index in [-0.39, 0.29) is 10.6 Å². The highest BCUT2D eigenvalue weighted by Gasteiger charge is 2.19. The number of rotatable bonds is 3. The Balaban J connectivity index is 2.41. The van der Waals surface area contributed by atoms with Gasteiger partial charge in [0.05, 0.1) is 10.7 Å². The molecule has 0 saturated heterocycles. The van der Waals surface area contributed by atoms with Crippen LogP contribution in [0.3, 0.4) is 0 Å². The highest BCUT2D eigenvalue weighted by molar-refractivity contribution is 9.10. The lowest BCUT2D eigenvalue weighted by Gasteiger charge is -2.09. The van der Waals surface area contributed by atoms with Gasteiger partial charge in [0.2, 0.25) is 0 Å². The van der Waals surface area contributed by atoms with Gasteiger partial charge in [-0.1, -0.05) is 11.6 Å². The number of pyridine rings is 1. The third-order valence-corrected chi connectivity index (χ3v) is 4.98. The summed E-state index contributed by atoms with van der Waals surface area (Å²) in [4.78, 5) is 3.54. The number of benzene rings is 1. The molecule has 1 aromatic heterocycles. The van der Waals surface area contributed by atoms with E-state index >= 15 is 0 Å². The zero-order valence-electron chi connectivity index (χ0n) is 9.84. The monoisotopic (exact) mass is 371 g/mol. The van der Waals surface area contributed by atoms with E-state index in [1.54, 1.807) is 18.2 Å². The highest BCUT2D eigenvalue weighted by Crippen LogP contribution is 2.27. The Labute approximate surface area is 129 Å².